The van der Waals surface area contributed by atoms with Gasteiger partial charge in [0.05, 0.1) is 11.7 Å². The molecule has 0 aromatic heterocycles. The molecule has 0 aliphatic heterocycles. The molecule has 1 aliphatic carbocycles. The van der Waals surface area contributed by atoms with Gasteiger partial charge >= 0.3 is 0 Å². The van der Waals surface area contributed by atoms with Crippen molar-refractivity contribution in [3.8, 4) is 0 Å². The van der Waals surface area contributed by atoms with E-state index >= 15 is 0 Å². The fraction of sp³-hybridized carbons (Fsp3) is 1.00. The summed E-state index contributed by atoms with van der Waals surface area (Å²) in [6.45, 7) is 2.02. The first-order valence-corrected chi connectivity index (χ1v) is 4.17. The lowest BCUT2D eigenvalue weighted by Gasteiger charge is -2.25. The van der Waals surface area contributed by atoms with Crippen LogP contribution in [-0.2, 0) is 0 Å². The zero-order chi connectivity index (χ0) is 8.48. The molecule has 0 unspecified atom stereocenters. The maximum Gasteiger partial charge on any atom is 0.0689 e. The van der Waals surface area contributed by atoms with Crippen LogP contribution in [0, 0.1) is 5.92 Å². The van der Waals surface area contributed by atoms with E-state index in [4.69, 9.17) is 5.73 Å². The number of rotatable bonds is 4. The number of hydrogen-bond acceptors (Lipinski definition) is 3. The summed E-state index contributed by atoms with van der Waals surface area (Å²) in [5.41, 5.74) is 4.54. The Hall–Kier alpha value is -0.120. The molecule has 11 heavy (non-hydrogen) atoms. The average molecular weight is 159 g/mol. The summed E-state index contributed by atoms with van der Waals surface area (Å²) in [4.78, 5) is 0. The molecule has 0 amide bonds. The van der Waals surface area contributed by atoms with Crippen LogP contribution in [0.25, 0.3) is 0 Å². The van der Waals surface area contributed by atoms with Gasteiger partial charge in [-0.15, -0.1) is 0 Å². The van der Waals surface area contributed by atoms with E-state index in [-0.39, 0.29) is 6.54 Å². The molecular formula is C8H17NO2. The molecule has 0 saturated heterocycles. The summed E-state index contributed by atoms with van der Waals surface area (Å²) < 4.78 is 0. The molecular weight excluding hydrogens is 142 g/mol. The highest BCUT2D eigenvalue weighted by Crippen LogP contribution is 2.41. The number of aliphatic hydroxyl groups is 2. The van der Waals surface area contributed by atoms with E-state index in [1.54, 1.807) is 6.92 Å². The standard InChI is InChI=1S/C8H17NO2/c1-8(11,6-2-3-6)4-7(10)5-9/h6-7,10-11H,2-5,9H2,1H3/t7-,8-/m1/s1. The zero-order valence-electron chi connectivity index (χ0n) is 6.95. The van der Waals surface area contributed by atoms with Crippen molar-refractivity contribution in [2.45, 2.75) is 37.9 Å². The summed E-state index contributed by atoms with van der Waals surface area (Å²) in [7, 11) is 0. The third-order valence-corrected chi connectivity index (χ3v) is 2.38. The lowest BCUT2D eigenvalue weighted by molar-refractivity contribution is -0.0109. The van der Waals surface area contributed by atoms with Crippen LogP contribution in [0.1, 0.15) is 26.2 Å². The second kappa shape index (κ2) is 3.09. The first kappa shape index (κ1) is 8.97. The maximum absolute atomic E-state index is 9.74. The minimum Gasteiger partial charge on any atom is -0.392 e. The highest BCUT2D eigenvalue weighted by Gasteiger charge is 2.40. The Balaban J connectivity index is 2.32. The minimum absolute atomic E-state index is 0.239. The molecule has 1 fully saturated rings. The summed E-state index contributed by atoms with van der Waals surface area (Å²) in [6.07, 6.45) is 2.04. The van der Waals surface area contributed by atoms with E-state index < -0.39 is 11.7 Å². The predicted octanol–water partition coefficient (Wildman–Crippen LogP) is -0.143. The first-order chi connectivity index (χ1) is 5.06. The molecule has 0 bridgehead atoms. The molecule has 3 nitrogen and oxygen atoms in total. The van der Waals surface area contributed by atoms with Gasteiger partial charge in [0.15, 0.2) is 0 Å². The Morgan fingerprint density at radius 1 is 1.64 bits per heavy atom. The predicted molar refractivity (Wildman–Crippen MR) is 43.0 cm³/mol. The van der Waals surface area contributed by atoms with E-state index in [1.807, 2.05) is 0 Å². The number of aliphatic hydroxyl groups excluding tert-OH is 1. The Morgan fingerprint density at radius 3 is 2.55 bits per heavy atom. The van der Waals surface area contributed by atoms with Crippen molar-refractivity contribution in [3.05, 3.63) is 0 Å². The second-order valence-electron chi connectivity index (χ2n) is 3.73. The molecule has 1 aliphatic rings. The Morgan fingerprint density at radius 2 is 2.18 bits per heavy atom. The fourth-order valence-corrected chi connectivity index (χ4v) is 1.43. The van der Waals surface area contributed by atoms with E-state index in [0.29, 0.717) is 12.3 Å². The SMILES string of the molecule is C[C@@](O)(C[C@@H](O)CN)C1CC1. The fourth-order valence-electron chi connectivity index (χ4n) is 1.43. The van der Waals surface area contributed by atoms with Crippen LogP contribution in [-0.4, -0.2) is 28.5 Å². The second-order valence-corrected chi connectivity index (χ2v) is 3.73. The van der Waals surface area contributed by atoms with Crippen LogP contribution >= 0.6 is 0 Å². The molecule has 1 rings (SSSR count). The van der Waals surface area contributed by atoms with Gasteiger partial charge in [-0.2, -0.15) is 0 Å². The van der Waals surface area contributed by atoms with Gasteiger partial charge in [0.25, 0.3) is 0 Å². The van der Waals surface area contributed by atoms with Gasteiger partial charge in [-0.25, -0.2) is 0 Å². The summed E-state index contributed by atoms with van der Waals surface area (Å²) >= 11 is 0. The Labute approximate surface area is 67.2 Å². The van der Waals surface area contributed by atoms with Crippen LogP contribution in [0.4, 0.5) is 0 Å². The van der Waals surface area contributed by atoms with Gasteiger partial charge in [-0.1, -0.05) is 0 Å². The molecule has 0 aromatic rings. The van der Waals surface area contributed by atoms with Gasteiger partial charge in [-0.05, 0) is 25.7 Å². The van der Waals surface area contributed by atoms with Gasteiger partial charge in [0.1, 0.15) is 0 Å². The van der Waals surface area contributed by atoms with Crippen molar-refractivity contribution >= 4 is 0 Å². The highest BCUT2D eigenvalue weighted by atomic mass is 16.3. The summed E-state index contributed by atoms with van der Waals surface area (Å²) in [6, 6.07) is 0. The third-order valence-electron chi connectivity index (χ3n) is 2.38. The molecule has 1 saturated carbocycles. The van der Waals surface area contributed by atoms with Crippen molar-refractivity contribution in [2.75, 3.05) is 6.54 Å². The third kappa shape index (κ3) is 2.43. The van der Waals surface area contributed by atoms with E-state index in [1.165, 1.54) is 0 Å². The normalized spacial score (nSPS) is 26.2. The van der Waals surface area contributed by atoms with Crippen LogP contribution in [0.2, 0.25) is 0 Å². The monoisotopic (exact) mass is 159 g/mol. The largest absolute Gasteiger partial charge is 0.392 e. The van der Waals surface area contributed by atoms with Crippen molar-refractivity contribution in [3.63, 3.8) is 0 Å². The molecule has 3 heteroatoms. The molecule has 0 radical (unpaired) electrons. The van der Waals surface area contributed by atoms with Crippen molar-refractivity contribution in [1.82, 2.24) is 0 Å². The van der Waals surface area contributed by atoms with Crippen LogP contribution in [0.5, 0.6) is 0 Å². The number of nitrogens with two attached hydrogens (primary N) is 1. The zero-order valence-corrected chi connectivity index (χ0v) is 6.95. The van der Waals surface area contributed by atoms with Gasteiger partial charge in [-0.3, -0.25) is 0 Å². The van der Waals surface area contributed by atoms with E-state index in [9.17, 15) is 10.2 Å². The van der Waals surface area contributed by atoms with Crippen LogP contribution in [0.3, 0.4) is 0 Å². The quantitative estimate of drug-likeness (QED) is 0.534. The lowest BCUT2D eigenvalue weighted by atomic mass is 9.93. The van der Waals surface area contributed by atoms with Gasteiger partial charge < -0.3 is 15.9 Å². The van der Waals surface area contributed by atoms with E-state index in [2.05, 4.69) is 0 Å². The van der Waals surface area contributed by atoms with Gasteiger partial charge in [0, 0.05) is 13.0 Å². The highest BCUT2D eigenvalue weighted by molar-refractivity contribution is 4.92. The molecule has 2 atom stereocenters. The smallest absolute Gasteiger partial charge is 0.0689 e. The van der Waals surface area contributed by atoms with E-state index in [0.717, 1.165) is 12.8 Å². The number of hydrogen-bond donors (Lipinski definition) is 3. The molecule has 0 aromatic carbocycles. The molecule has 4 N–H and O–H groups in total. The molecule has 0 heterocycles. The van der Waals surface area contributed by atoms with Crippen molar-refractivity contribution in [1.29, 1.82) is 0 Å². The Bertz CT molecular complexity index is 132. The topological polar surface area (TPSA) is 66.5 Å². The van der Waals surface area contributed by atoms with Gasteiger partial charge in [0.2, 0.25) is 0 Å². The minimum atomic E-state index is -0.696. The molecule has 0 spiro atoms. The molecule has 66 valence electrons. The van der Waals surface area contributed by atoms with Crippen molar-refractivity contribution in [2.24, 2.45) is 11.7 Å². The maximum atomic E-state index is 9.74. The first-order valence-electron chi connectivity index (χ1n) is 4.17. The lowest BCUT2D eigenvalue weighted by Crippen LogP contribution is -2.35. The Kier molecular flexibility index (Phi) is 2.52. The summed E-state index contributed by atoms with van der Waals surface area (Å²) in [5.74, 6) is 0.392. The van der Waals surface area contributed by atoms with Crippen LogP contribution < -0.4 is 5.73 Å². The van der Waals surface area contributed by atoms with Crippen LogP contribution in [0.15, 0.2) is 0 Å². The average Bonchev–Trinajstić information content (AvgIpc) is 2.66. The van der Waals surface area contributed by atoms with Crippen molar-refractivity contribution < 1.29 is 10.2 Å². The summed E-state index contributed by atoms with van der Waals surface area (Å²) in [5, 5.41) is 18.9.